The predicted molar refractivity (Wildman–Crippen MR) is 42.7 cm³/mol. The molecule has 0 saturated heterocycles. The van der Waals surface area contributed by atoms with E-state index in [4.69, 9.17) is 10.2 Å². The first-order valence-corrected chi connectivity index (χ1v) is 4.95. The van der Waals surface area contributed by atoms with Crippen LogP contribution in [0.15, 0.2) is 12.1 Å². The second-order valence-corrected chi connectivity index (χ2v) is 3.93. The Bertz CT molecular complexity index is 377. The number of hydrogen-bond acceptors (Lipinski definition) is 4. The van der Waals surface area contributed by atoms with Gasteiger partial charge in [-0.1, -0.05) is 0 Å². The summed E-state index contributed by atoms with van der Waals surface area (Å²) in [6, 6.07) is 2.36. The molecule has 1 rings (SSSR count). The summed E-state index contributed by atoms with van der Waals surface area (Å²) in [5.41, 5.74) is 0. The Balaban J connectivity index is 2.75. The van der Waals surface area contributed by atoms with Crippen LogP contribution in [0.5, 0.6) is 11.8 Å². The molecule has 7 heteroatoms. The first-order valence-electron chi connectivity index (χ1n) is 3.40. The van der Waals surface area contributed by atoms with E-state index < -0.39 is 16.0 Å². The summed E-state index contributed by atoms with van der Waals surface area (Å²) >= 11 is 0. The van der Waals surface area contributed by atoms with Crippen LogP contribution < -0.4 is 0 Å². The second-order valence-electron chi connectivity index (χ2n) is 2.44. The van der Waals surface area contributed by atoms with Crippen molar-refractivity contribution < 1.29 is 22.5 Å². The van der Waals surface area contributed by atoms with Crippen LogP contribution in [0.4, 0.5) is 3.89 Å². The smallest absolute Gasteiger partial charge is 0.304 e. The van der Waals surface area contributed by atoms with Gasteiger partial charge < -0.3 is 10.2 Å². The fourth-order valence-electron chi connectivity index (χ4n) is 0.876. The third-order valence-electron chi connectivity index (χ3n) is 1.49. The quantitative estimate of drug-likeness (QED) is 0.697. The van der Waals surface area contributed by atoms with Crippen molar-refractivity contribution in [3.05, 3.63) is 12.1 Å². The Kier molecular flexibility index (Phi) is 2.46. The highest BCUT2D eigenvalue weighted by atomic mass is 32.3. The maximum atomic E-state index is 12.0. The SMILES string of the molecule is O=S(=O)(F)CCn1c(O)ccc1O. The summed E-state index contributed by atoms with van der Waals surface area (Å²) in [6.07, 6.45) is 0. The topological polar surface area (TPSA) is 79.5 Å². The van der Waals surface area contributed by atoms with Gasteiger partial charge in [0.15, 0.2) is 11.8 Å². The summed E-state index contributed by atoms with van der Waals surface area (Å²) in [5, 5.41) is 18.0. The molecule has 1 aromatic rings. The van der Waals surface area contributed by atoms with Crippen molar-refractivity contribution in [1.82, 2.24) is 4.57 Å². The largest absolute Gasteiger partial charge is 0.494 e. The maximum absolute atomic E-state index is 12.0. The number of hydrogen-bond donors (Lipinski definition) is 2. The Morgan fingerprint density at radius 2 is 1.77 bits per heavy atom. The average molecular weight is 209 g/mol. The summed E-state index contributed by atoms with van der Waals surface area (Å²) in [5.74, 6) is -1.38. The zero-order chi connectivity index (χ0) is 10.1. The number of rotatable bonds is 3. The molecule has 0 spiro atoms. The standard InChI is InChI=1S/C6H8FNO4S/c7-13(11,12)4-3-8-5(9)1-2-6(8)10/h1-2,9-10H,3-4H2. The maximum Gasteiger partial charge on any atom is 0.304 e. The molecule has 13 heavy (non-hydrogen) atoms. The van der Waals surface area contributed by atoms with Gasteiger partial charge in [-0.25, -0.2) is 0 Å². The summed E-state index contributed by atoms with van der Waals surface area (Å²) in [4.78, 5) is 0. The molecule has 2 N–H and O–H groups in total. The van der Waals surface area contributed by atoms with Gasteiger partial charge in [-0.15, -0.1) is 3.89 Å². The summed E-state index contributed by atoms with van der Waals surface area (Å²) in [7, 11) is -4.58. The van der Waals surface area contributed by atoms with E-state index in [-0.39, 0.29) is 18.3 Å². The van der Waals surface area contributed by atoms with Crippen LogP contribution in [-0.4, -0.2) is 29.0 Å². The lowest BCUT2D eigenvalue weighted by Crippen LogP contribution is -2.07. The molecule has 0 aromatic carbocycles. The molecular formula is C6H8FNO4S. The van der Waals surface area contributed by atoms with Crippen molar-refractivity contribution in [2.24, 2.45) is 0 Å². The molecule has 0 aliphatic rings. The highest BCUT2D eigenvalue weighted by Gasteiger charge is 2.11. The molecule has 74 valence electrons. The highest BCUT2D eigenvalue weighted by Crippen LogP contribution is 2.20. The molecule has 0 atom stereocenters. The normalized spacial score (nSPS) is 11.8. The van der Waals surface area contributed by atoms with Crippen LogP contribution in [-0.2, 0) is 16.8 Å². The monoisotopic (exact) mass is 209 g/mol. The van der Waals surface area contributed by atoms with E-state index in [0.717, 1.165) is 4.57 Å². The number of nitrogens with zero attached hydrogens (tertiary/aromatic N) is 1. The average Bonchev–Trinajstić information content (AvgIpc) is 2.27. The van der Waals surface area contributed by atoms with Crippen LogP contribution >= 0.6 is 0 Å². The molecule has 5 nitrogen and oxygen atoms in total. The van der Waals surface area contributed by atoms with Gasteiger partial charge in [0.1, 0.15) is 0 Å². The van der Waals surface area contributed by atoms with Crippen LogP contribution in [0, 0.1) is 0 Å². The Morgan fingerprint density at radius 3 is 2.15 bits per heavy atom. The number of aromatic hydroxyl groups is 2. The molecule has 0 fully saturated rings. The van der Waals surface area contributed by atoms with E-state index in [1.807, 2.05) is 0 Å². The minimum Gasteiger partial charge on any atom is -0.494 e. The zero-order valence-electron chi connectivity index (χ0n) is 6.51. The molecule has 1 aromatic heterocycles. The Hall–Kier alpha value is -1.24. The van der Waals surface area contributed by atoms with E-state index >= 15 is 0 Å². The van der Waals surface area contributed by atoms with Crippen LogP contribution in [0.25, 0.3) is 0 Å². The summed E-state index contributed by atoms with van der Waals surface area (Å²) in [6.45, 7) is -0.316. The lowest BCUT2D eigenvalue weighted by atomic mass is 10.6. The van der Waals surface area contributed by atoms with Gasteiger partial charge in [0.05, 0.1) is 5.75 Å². The van der Waals surface area contributed by atoms with Gasteiger partial charge in [-0.2, -0.15) is 8.42 Å². The molecule has 0 saturated carbocycles. The second kappa shape index (κ2) is 3.25. The molecule has 0 amide bonds. The third-order valence-corrected chi connectivity index (χ3v) is 2.16. The fourth-order valence-corrected chi connectivity index (χ4v) is 1.28. The minimum atomic E-state index is -4.58. The zero-order valence-corrected chi connectivity index (χ0v) is 7.33. The molecule has 0 unspecified atom stereocenters. The highest BCUT2D eigenvalue weighted by molar-refractivity contribution is 7.86. The fraction of sp³-hybridized carbons (Fsp3) is 0.333. The van der Waals surface area contributed by atoms with Crippen molar-refractivity contribution in [1.29, 1.82) is 0 Å². The number of halogens is 1. The van der Waals surface area contributed by atoms with Gasteiger partial charge in [0.2, 0.25) is 0 Å². The Labute approximate surface area is 74.3 Å². The van der Waals surface area contributed by atoms with Gasteiger partial charge in [0.25, 0.3) is 0 Å². The van der Waals surface area contributed by atoms with Crippen molar-refractivity contribution >= 4 is 10.2 Å². The van der Waals surface area contributed by atoms with Crippen LogP contribution in [0.3, 0.4) is 0 Å². The molecule has 0 bridgehead atoms. The van der Waals surface area contributed by atoms with E-state index in [9.17, 15) is 12.3 Å². The first kappa shape index (κ1) is 9.85. The van der Waals surface area contributed by atoms with Gasteiger partial charge >= 0.3 is 10.2 Å². The third kappa shape index (κ3) is 2.62. The lowest BCUT2D eigenvalue weighted by molar-refractivity contribution is 0.373. The predicted octanol–water partition coefficient (Wildman–Crippen LogP) is 0.199. The van der Waals surface area contributed by atoms with Crippen molar-refractivity contribution in [3.8, 4) is 11.8 Å². The molecule has 1 heterocycles. The van der Waals surface area contributed by atoms with E-state index in [1.165, 1.54) is 12.1 Å². The van der Waals surface area contributed by atoms with Gasteiger partial charge in [0, 0.05) is 18.7 Å². The summed E-state index contributed by atoms with van der Waals surface area (Å²) < 4.78 is 33.1. The van der Waals surface area contributed by atoms with Crippen LogP contribution in [0.1, 0.15) is 0 Å². The van der Waals surface area contributed by atoms with E-state index in [1.54, 1.807) is 0 Å². The number of aromatic nitrogens is 1. The lowest BCUT2D eigenvalue weighted by Gasteiger charge is -2.03. The van der Waals surface area contributed by atoms with E-state index in [0.29, 0.717) is 0 Å². The Morgan fingerprint density at radius 1 is 1.31 bits per heavy atom. The molecule has 0 aliphatic carbocycles. The van der Waals surface area contributed by atoms with Gasteiger partial charge in [-0.05, 0) is 0 Å². The molecular weight excluding hydrogens is 201 g/mol. The molecule has 0 aliphatic heterocycles. The van der Waals surface area contributed by atoms with Crippen molar-refractivity contribution in [2.75, 3.05) is 5.75 Å². The van der Waals surface area contributed by atoms with Crippen molar-refractivity contribution in [2.45, 2.75) is 6.54 Å². The minimum absolute atomic E-state index is 0.304. The van der Waals surface area contributed by atoms with Crippen LogP contribution in [0.2, 0.25) is 0 Å². The van der Waals surface area contributed by atoms with E-state index in [2.05, 4.69) is 0 Å². The molecule has 0 radical (unpaired) electrons. The first-order chi connectivity index (χ1) is 5.90. The van der Waals surface area contributed by atoms with Gasteiger partial charge in [-0.3, -0.25) is 4.57 Å². The van der Waals surface area contributed by atoms with Crippen molar-refractivity contribution in [3.63, 3.8) is 0 Å².